The second-order valence-electron chi connectivity index (χ2n) is 6.48. The summed E-state index contributed by atoms with van der Waals surface area (Å²) in [5, 5.41) is 9.93. The van der Waals surface area contributed by atoms with Crippen LogP contribution in [-0.4, -0.2) is 40.4 Å². The molecule has 0 saturated carbocycles. The van der Waals surface area contributed by atoms with Crippen molar-refractivity contribution in [2.75, 3.05) is 19.8 Å². The van der Waals surface area contributed by atoms with E-state index in [1.807, 2.05) is 31.2 Å². The summed E-state index contributed by atoms with van der Waals surface area (Å²) in [5.41, 5.74) is 2.06. The first-order valence-corrected chi connectivity index (χ1v) is 8.95. The van der Waals surface area contributed by atoms with Gasteiger partial charge in [-0.3, -0.25) is 14.5 Å². The van der Waals surface area contributed by atoms with E-state index < -0.39 is 0 Å². The first-order chi connectivity index (χ1) is 12.0. The van der Waals surface area contributed by atoms with Gasteiger partial charge in [-0.1, -0.05) is 37.6 Å². The molecule has 0 saturated heterocycles. The van der Waals surface area contributed by atoms with Crippen LogP contribution in [0.4, 0.5) is 0 Å². The zero-order valence-electron chi connectivity index (χ0n) is 15.0. The van der Waals surface area contributed by atoms with Gasteiger partial charge in [0.2, 0.25) is 5.91 Å². The Hall–Kier alpha value is -1.99. The van der Waals surface area contributed by atoms with E-state index >= 15 is 0 Å². The first kappa shape index (κ1) is 19.3. The minimum atomic E-state index is -0.0877. The third-order valence-electron chi connectivity index (χ3n) is 3.58. The van der Waals surface area contributed by atoms with Crippen LogP contribution in [0.25, 0.3) is 11.4 Å². The van der Waals surface area contributed by atoms with Crippen molar-refractivity contribution in [3.05, 3.63) is 34.6 Å². The van der Waals surface area contributed by atoms with Gasteiger partial charge in [0, 0.05) is 25.3 Å². The molecule has 1 heterocycles. The molecule has 0 unspecified atom stereocenters. The van der Waals surface area contributed by atoms with Crippen LogP contribution in [0.1, 0.15) is 25.8 Å². The summed E-state index contributed by atoms with van der Waals surface area (Å²) in [6, 6.07) is 7.96. The second-order valence-corrected chi connectivity index (χ2v) is 6.87. The zero-order chi connectivity index (χ0) is 18.2. The Morgan fingerprint density at radius 3 is 2.96 bits per heavy atom. The van der Waals surface area contributed by atoms with E-state index in [4.69, 9.17) is 17.0 Å². The average Bonchev–Trinajstić information content (AvgIpc) is 2.91. The normalized spacial score (nSPS) is 11.0. The molecule has 0 atom stereocenters. The first-order valence-electron chi connectivity index (χ1n) is 8.54. The number of carbonyl (C=O) groups excluding carboxylic acids is 1. The Morgan fingerprint density at radius 2 is 2.24 bits per heavy atom. The van der Waals surface area contributed by atoms with Gasteiger partial charge in [-0.15, -0.1) is 0 Å². The lowest BCUT2D eigenvalue weighted by Gasteiger charge is -2.09. The van der Waals surface area contributed by atoms with Gasteiger partial charge in [-0.25, -0.2) is 0 Å². The van der Waals surface area contributed by atoms with Gasteiger partial charge in [-0.05, 0) is 37.5 Å². The number of nitrogens with one attached hydrogen (secondary N) is 2. The van der Waals surface area contributed by atoms with Crippen molar-refractivity contribution in [3.63, 3.8) is 0 Å². The van der Waals surface area contributed by atoms with Crippen LogP contribution >= 0.6 is 12.2 Å². The number of H-pyrrole nitrogens is 1. The summed E-state index contributed by atoms with van der Waals surface area (Å²) in [7, 11) is 0. The predicted molar refractivity (Wildman–Crippen MR) is 101 cm³/mol. The third kappa shape index (κ3) is 6.10. The fraction of sp³-hybridized carbons (Fsp3) is 0.500. The molecule has 7 heteroatoms. The number of ether oxygens (including phenoxy) is 1. The monoisotopic (exact) mass is 362 g/mol. The molecule has 6 nitrogen and oxygen atoms in total. The fourth-order valence-corrected chi connectivity index (χ4v) is 2.59. The minimum Gasteiger partial charge on any atom is -0.381 e. The molecule has 2 aromatic rings. The molecular weight excluding hydrogens is 336 g/mol. The molecule has 0 fully saturated rings. The van der Waals surface area contributed by atoms with Crippen LogP contribution in [0, 0.1) is 17.6 Å². The highest BCUT2D eigenvalue weighted by molar-refractivity contribution is 7.71. The van der Waals surface area contributed by atoms with Crippen LogP contribution in [0.3, 0.4) is 0 Å². The number of aromatic amines is 1. The number of rotatable bonds is 9. The zero-order valence-corrected chi connectivity index (χ0v) is 15.9. The molecule has 2 rings (SSSR count). The summed E-state index contributed by atoms with van der Waals surface area (Å²) < 4.78 is 7.66. The van der Waals surface area contributed by atoms with Gasteiger partial charge in [0.1, 0.15) is 6.54 Å². The van der Waals surface area contributed by atoms with Crippen molar-refractivity contribution in [3.8, 4) is 11.4 Å². The second kappa shape index (κ2) is 9.48. The maximum Gasteiger partial charge on any atom is 0.240 e. The lowest BCUT2D eigenvalue weighted by atomic mass is 10.1. The lowest BCUT2D eigenvalue weighted by molar-refractivity contribution is -0.121. The van der Waals surface area contributed by atoms with E-state index in [9.17, 15) is 4.79 Å². The topological polar surface area (TPSA) is 71.9 Å². The average molecular weight is 362 g/mol. The Morgan fingerprint density at radius 1 is 1.44 bits per heavy atom. The molecule has 1 amide bonds. The molecule has 0 bridgehead atoms. The fourth-order valence-electron chi connectivity index (χ4n) is 2.39. The molecular formula is C18H26N4O2S. The molecule has 0 aliphatic carbocycles. The van der Waals surface area contributed by atoms with Crippen molar-refractivity contribution >= 4 is 18.1 Å². The summed E-state index contributed by atoms with van der Waals surface area (Å²) in [6.07, 6.45) is 0.792. The van der Waals surface area contributed by atoms with Crippen LogP contribution in [0.15, 0.2) is 24.3 Å². The summed E-state index contributed by atoms with van der Waals surface area (Å²) >= 11 is 5.26. The molecule has 136 valence electrons. The summed E-state index contributed by atoms with van der Waals surface area (Å²) in [6.45, 7) is 8.37. The highest BCUT2D eigenvalue weighted by Gasteiger charge is 2.12. The van der Waals surface area contributed by atoms with Crippen LogP contribution < -0.4 is 5.32 Å². The van der Waals surface area contributed by atoms with E-state index in [1.165, 1.54) is 0 Å². The highest BCUT2D eigenvalue weighted by atomic mass is 32.1. The number of amides is 1. The van der Waals surface area contributed by atoms with Gasteiger partial charge >= 0.3 is 0 Å². The largest absolute Gasteiger partial charge is 0.381 e. The number of carbonyl (C=O) groups is 1. The van der Waals surface area contributed by atoms with Crippen molar-refractivity contribution in [2.24, 2.45) is 5.92 Å². The molecule has 1 aromatic carbocycles. The Labute approximate surface area is 153 Å². The molecule has 0 aliphatic heterocycles. The van der Waals surface area contributed by atoms with Gasteiger partial charge < -0.3 is 10.1 Å². The van der Waals surface area contributed by atoms with Crippen LogP contribution in [0.2, 0.25) is 0 Å². The number of nitrogens with zero attached hydrogens (tertiary/aromatic N) is 2. The van der Waals surface area contributed by atoms with E-state index in [-0.39, 0.29) is 12.5 Å². The van der Waals surface area contributed by atoms with Crippen molar-refractivity contribution in [1.82, 2.24) is 20.1 Å². The number of aryl methyl sites for hydroxylation is 1. The Kier molecular flexibility index (Phi) is 7.33. The van der Waals surface area contributed by atoms with Crippen LogP contribution in [0.5, 0.6) is 0 Å². The number of benzene rings is 1. The molecule has 0 radical (unpaired) electrons. The smallest absolute Gasteiger partial charge is 0.240 e. The maximum atomic E-state index is 12.2. The Balaban J connectivity index is 1.89. The van der Waals surface area contributed by atoms with Crippen molar-refractivity contribution < 1.29 is 9.53 Å². The van der Waals surface area contributed by atoms with Gasteiger partial charge in [0.15, 0.2) is 10.6 Å². The predicted octanol–water partition coefficient (Wildman–Crippen LogP) is 3.10. The summed E-state index contributed by atoms with van der Waals surface area (Å²) in [4.78, 5) is 12.2. The van der Waals surface area contributed by atoms with Gasteiger partial charge in [0.05, 0.1) is 0 Å². The lowest BCUT2D eigenvalue weighted by Crippen LogP contribution is -2.29. The van der Waals surface area contributed by atoms with Crippen molar-refractivity contribution in [2.45, 2.75) is 33.7 Å². The number of hydrogen-bond acceptors (Lipinski definition) is 4. The van der Waals surface area contributed by atoms with Gasteiger partial charge in [-0.2, -0.15) is 5.10 Å². The maximum absolute atomic E-state index is 12.2. The van der Waals surface area contributed by atoms with E-state index in [2.05, 4.69) is 29.4 Å². The molecule has 1 aromatic heterocycles. The van der Waals surface area contributed by atoms with E-state index in [0.717, 1.165) is 24.2 Å². The van der Waals surface area contributed by atoms with Crippen LogP contribution in [-0.2, 0) is 16.1 Å². The van der Waals surface area contributed by atoms with E-state index in [1.54, 1.807) is 4.57 Å². The number of aromatic nitrogens is 3. The third-order valence-corrected chi connectivity index (χ3v) is 3.89. The van der Waals surface area contributed by atoms with Crippen molar-refractivity contribution in [1.29, 1.82) is 0 Å². The quantitative estimate of drug-likeness (QED) is 0.531. The molecule has 0 aliphatic rings. The Bertz CT molecular complexity index is 752. The molecule has 2 N–H and O–H groups in total. The highest BCUT2D eigenvalue weighted by Crippen LogP contribution is 2.18. The van der Waals surface area contributed by atoms with E-state index in [0.29, 0.717) is 29.7 Å². The summed E-state index contributed by atoms with van der Waals surface area (Å²) in [5.74, 6) is 1.11. The SMILES string of the molecule is Cc1cccc(-c2n[nH]c(=S)n2CC(=O)NCCCOCC(C)C)c1. The van der Waals surface area contributed by atoms with Gasteiger partial charge in [0.25, 0.3) is 0 Å². The number of hydrogen-bond donors (Lipinski definition) is 2. The molecule has 25 heavy (non-hydrogen) atoms. The standard InChI is InChI=1S/C18H26N4O2S/c1-13(2)12-24-9-5-8-19-16(23)11-22-17(20-21-18(22)25)15-7-4-6-14(3)10-15/h4,6-7,10,13H,5,8-9,11-12H2,1-3H3,(H,19,23)(H,21,25). The minimum absolute atomic E-state index is 0.0877. The molecule has 0 spiro atoms.